The van der Waals surface area contributed by atoms with Crippen LogP contribution in [-0.2, 0) is 6.54 Å². The number of piperidine rings is 1. The lowest BCUT2D eigenvalue weighted by molar-refractivity contribution is 0.311. The van der Waals surface area contributed by atoms with Crippen molar-refractivity contribution in [3.8, 4) is 0 Å². The molecule has 0 aliphatic carbocycles. The highest BCUT2D eigenvalue weighted by atomic mass is 79.9. The van der Waals surface area contributed by atoms with Gasteiger partial charge in [-0.3, -0.25) is 4.90 Å². The van der Waals surface area contributed by atoms with Crippen molar-refractivity contribution in [2.45, 2.75) is 25.4 Å². The summed E-state index contributed by atoms with van der Waals surface area (Å²) in [6.45, 7) is 4.22. The first-order valence-corrected chi connectivity index (χ1v) is 7.42. The number of nitrogens with one attached hydrogen (secondary N) is 1. The third kappa shape index (κ3) is 2.46. The quantitative estimate of drug-likeness (QED) is 0.903. The predicted molar refractivity (Wildman–Crippen MR) is 73.9 cm³/mol. The van der Waals surface area contributed by atoms with Crippen molar-refractivity contribution in [3.05, 3.63) is 34.1 Å². The van der Waals surface area contributed by atoms with E-state index in [9.17, 15) is 4.39 Å². The summed E-state index contributed by atoms with van der Waals surface area (Å²) in [7, 11) is 0. The second kappa shape index (κ2) is 5.27. The van der Waals surface area contributed by atoms with E-state index in [1.165, 1.54) is 18.9 Å². The lowest BCUT2D eigenvalue weighted by Gasteiger charge is -2.24. The van der Waals surface area contributed by atoms with Crippen LogP contribution < -0.4 is 5.32 Å². The molecule has 2 aliphatic heterocycles. The second-order valence-electron chi connectivity index (χ2n) is 5.37. The van der Waals surface area contributed by atoms with Gasteiger partial charge in [-0.25, -0.2) is 4.39 Å². The van der Waals surface area contributed by atoms with Gasteiger partial charge in [0.15, 0.2) is 0 Å². The molecule has 1 N–H and O–H groups in total. The van der Waals surface area contributed by atoms with Crippen LogP contribution in [0.5, 0.6) is 0 Å². The van der Waals surface area contributed by atoms with Crippen molar-refractivity contribution in [1.82, 2.24) is 10.2 Å². The van der Waals surface area contributed by atoms with E-state index in [2.05, 4.69) is 26.1 Å². The maximum absolute atomic E-state index is 13.5. The molecule has 2 fully saturated rings. The SMILES string of the molecule is Fc1cccc(CN2C[C@@H]3CCCN[C@@H]3C2)c1Br. The summed E-state index contributed by atoms with van der Waals surface area (Å²) in [5.41, 5.74) is 1.05. The summed E-state index contributed by atoms with van der Waals surface area (Å²) < 4.78 is 14.1. The smallest absolute Gasteiger partial charge is 0.137 e. The third-order valence-electron chi connectivity index (χ3n) is 4.10. The second-order valence-corrected chi connectivity index (χ2v) is 6.16. The molecule has 98 valence electrons. The van der Waals surface area contributed by atoms with Crippen LogP contribution in [0, 0.1) is 11.7 Å². The van der Waals surface area contributed by atoms with Crippen LogP contribution in [0.15, 0.2) is 22.7 Å². The molecule has 0 amide bonds. The van der Waals surface area contributed by atoms with Gasteiger partial charge in [0.2, 0.25) is 0 Å². The molecule has 2 heterocycles. The standard InChI is InChI=1S/C14H18BrFN2/c15-14-11(3-1-5-12(14)16)8-18-7-10-4-2-6-17-13(10)9-18/h1,3,5,10,13,17H,2,4,6-9H2/t10-,13+/m0/s1. The fourth-order valence-corrected chi connectivity index (χ4v) is 3.57. The molecule has 0 bridgehead atoms. The summed E-state index contributed by atoms with van der Waals surface area (Å²) in [5, 5.41) is 3.60. The number of benzene rings is 1. The highest BCUT2D eigenvalue weighted by molar-refractivity contribution is 9.10. The lowest BCUT2D eigenvalue weighted by Crippen LogP contribution is -2.40. The maximum Gasteiger partial charge on any atom is 0.137 e. The average Bonchev–Trinajstić information content (AvgIpc) is 2.77. The predicted octanol–water partition coefficient (Wildman–Crippen LogP) is 2.77. The highest BCUT2D eigenvalue weighted by Crippen LogP contribution is 2.28. The summed E-state index contributed by atoms with van der Waals surface area (Å²) >= 11 is 3.35. The van der Waals surface area contributed by atoms with E-state index in [1.54, 1.807) is 6.07 Å². The largest absolute Gasteiger partial charge is 0.312 e. The summed E-state index contributed by atoms with van der Waals surface area (Å²) in [6, 6.07) is 5.93. The Morgan fingerprint density at radius 3 is 3.11 bits per heavy atom. The summed E-state index contributed by atoms with van der Waals surface area (Å²) in [6.07, 6.45) is 2.62. The monoisotopic (exact) mass is 312 g/mol. The highest BCUT2D eigenvalue weighted by Gasteiger charge is 2.34. The minimum absolute atomic E-state index is 0.165. The first kappa shape index (κ1) is 12.6. The third-order valence-corrected chi connectivity index (χ3v) is 4.99. The molecule has 0 radical (unpaired) electrons. The fourth-order valence-electron chi connectivity index (χ4n) is 3.18. The molecule has 2 aliphatic rings. The zero-order chi connectivity index (χ0) is 12.5. The van der Waals surface area contributed by atoms with Crippen LogP contribution in [0.4, 0.5) is 4.39 Å². The van der Waals surface area contributed by atoms with Gasteiger partial charge >= 0.3 is 0 Å². The number of fused-ring (bicyclic) bond motifs is 1. The molecule has 0 aromatic heterocycles. The molecule has 4 heteroatoms. The van der Waals surface area contributed by atoms with E-state index in [-0.39, 0.29) is 5.82 Å². The van der Waals surface area contributed by atoms with Gasteiger partial charge in [0.25, 0.3) is 0 Å². The van der Waals surface area contributed by atoms with Crippen LogP contribution in [0.3, 0.4) is 0 Å². The summed E-state index contributed by atoms with van der Waals surface area (Å²) in [4.78, 5) is 2.44. The van der Waals surface area contributed by atoms with E-state index in [4.69, 9.17) is 0 Å². The van der Waals surface area contributed by atoms with E-state index in [1.807, 2.05) is 6.07 Å². The van der Waals surface area contributed by atoms with Gasteiger partial charge in [0, 0.05) is 25.7 Å². The van der Waals surface area contributed by atoms with Crippen LogP contribution in [0.25, 0.3) is 0 Å². The fraction of sp³-hybridized carbons (Fsp3) is 0.571. The molecular formula is C14H18BrFN2. The van der Waals surface area contributed by atoms with Crippen molar-refractivity contribution in [2.75, 3.05) is 19.6 Å². The van der Waals surface area contributed by atoms with Crippen molar-refractivity contribution in [2.24, 2.45) is 5.92 Å². The lowest BCUT2D eigenvalue weighted by atomic mass is 9.94. The number of hydrogen-bond acceptors (Lipinski definition) is 2. The van der Waals surface area contributed by atoms with Crippen LogP contribution >= 0.6 is 15.9 Å². The molecule has 0 saturated carbocycles. The molecule has 0 spiro atoms. The normalized spacial score (nSPS) is 28.3. The number of nitrogens with zero attached hydrogens (tertiary/aromatic N) is 1. The average molecular weight is 313 g/mol. The Hall–Kier alpha value is -0.450. The van der Waals surface area contributed by atoms with Crippen molar-refractivity contribution >= 4 is 15.9 Å². The molecule has 2 nitrogen and oxygen atoms in total. The van der Waals surface area contributed by atoms with Crippen LogP contribution in [0.1, 0.15) is 18.4 Å². The summed E-state index contributed by atoms with van der Waals surface area (Å²) in [5.74, 6) is 0.619. The number of rotatable bonds is 2. The van der Waals surface area contributed by atoms with E-state index in [0.717, 1.165) is 37.7 Å². The Labute approximate surface area is 116 Å². The van der Waals surface area contributed by atoms with E-state index in [0.29, 0.717) is 10.5 Å². The minimum atomic E-state index is -0.165. The molecule has 0 unspecified atom stereocenters. The Morgan fingerprint density at radius 2 is 2.28 bits per heavy atom. The van der Waals surface area contributed by atoms with Gasteiger partial charge in [-0.15, -0.1) is 0 Å². The first-order chi connectivity index (χ1) is 8.74. The molecule has 18 heavy (non-hydrogen) atoms. The number of likely N-dealkylation sites (tertiary alicyclic amines) is 1. The number of halogens is 2. The van der Waals surface area contributed by atoms with Crippen molar-refractivity contribution < 1.29 is 4.39 Å². The van der Waals surface area contributed by atoms with Gasteiger partial charge in [-0.05, 0) is 52.9 Å². The Kier molecular flexibility index (Phi) is 3.68. The molecule has 1 aromatic rings. The van der Waals surface area contributed by atoms with Crippen molar-refractivity contribution in [3.63, 3.8) is 0 Å². The van der Waals surface area contributed by atoms with Gasteiger partial charge in [0.05, 0.1) is 4.47 Å². The van der Waals surface area contributed by atoms with Gasteiger partial charge in [0.1, 0.15) is 5.82 Å². The van der Waals surface area contributed by atoms with Gasteiger partial charge < -0.3 is 5.32 Å². The Balaban J connectivity index is 1.68. The van der Waals surface area contributed by atoms with Gasteiger partial charge in [-0.1, -0.05) is 12.1 Å². The molecular weight excluding hydrogens is 295 g/mol. The Bertz CT molecular complexity index is 424. The molecule has 3 rings (SSSR count). The van der Waals surface area contributed by atoms with Crippen molar-refractivity contribution in [1.29, 1.82) is 0 Å². The topological polar surface area (TPSA) is 15.3 Å². The minimum Gasteiger partial charge on any atom is -0.312 e. The molecule has 2 saturated heterocycles. The number of hydrogen-bond donors (Lipinski definition) is 1. The zero-order valence-corrected chi connectivity index (χ0v) is 11.9. The van der Waals surface area contributed by atoms with Crippen LogP contribution in [0.2, 0.25) is 0 Å². The van der Waals surface area contributed by atoms with E-state index >= 15 is 0 Å². The maximum atomic E-state index is 13.5. The van der Waals surface area contributed by atoms with Gasteiger partial charge in [-0.2, -0.15) is 0 Å². The van der Waals surface area contributed by atoms with E-state index < -0.39 is 0 Å². The zero-order valence-electron chi connectivity index (χ0n) is 10.3. The Morgan fingerprint density at radius 1 is 1.39 bits per heavy atom. The molecule has 1 aromatic carbocycles. The molecule has 2 atom stereocenters. The van der Waals surface area contributed by atoms with Crippen LogP contribution in [-0.4, -0.2) is 30.6 Å². The first-order valence-electron chi connectivity index (χ1n) is 6.62.